The van der Waals surface area contributed by atoms with Crippen LogP contribution in [0.1, 0.15) is 116 Å². The summed E-state index contributed by atoms with van der Waals surface area (Å²) in [6.45, 7) is 21.7. The van der Waals surface area contributed by atoms with Crippen molar-refractivity contribution < 1.29 is 19.1 Å². The van der Waals surface area contributed by atoms with E-state index in [0.29, 0.717) is 40.8 Å². The molecule has 2 aromatic carbocycles. The second-order valence-electron chi connectivity index (χ2n) is 16.9. The van der Waals surface area contributed by atoms with E-state index in [1.165, 1.54) is 35.1 Å². The smallest absolute Gasteiger partial charge is 0.266 e. The number of aryl methyl sites for hydroxylation is 1. The Bertz CT molecular complexity index is 2060. The molecule has 1 aromatic heterocycles. The first-order valence-electron chi connectivity index (χ1n) is 21.7. The van der Waals surface area contributed by atoms with E-state index in [1.807, 2.05) is 50.2 Å². The number of anilines is 1. The Hall–Kier alpha value is -4.67. The predicted molar refractivity (Wildman–Crippen MR) is 247 cm³/mol. The normalized spacial score (nSPS) is 16.6. The van der Waals surface area contributed by atoms with Crippen LogP contribution < -0.4 is 21.1 Å². The third kappa shape index (κ3) is 10.8. The van der Waals surface area contributed by atoms with Crippen molar-refractivity contribution in [3.05, 3.63) is 88.4 Å². The maximum absolute atomic E-state index is 13.1. The number of pyridine rings is 1. The molecular formula is C49H69ClN6O4. The minimum absolute atomic E-state index is 0.0305. The number of methoxy groups -OCH3 is 1. The van der Waals surface area contributed by atoms with Crippen molar-refractivity contribution in [1.82, 2.24) is 20.1 Å². The Labute approximate surface area is 364 Å². The summed E-state index contributed by atoms with van der Waals surface area (Å²) in [5.41, 5.74) is 12.7. The van der Waals surface area contributed by atoms with Crippen molar-refractivity contribution in [1.29, 1.82) is 0 Å². The van der Waals surface area contributed by atoms with Crippen molar-refractivity contribution >= 4 is 35.0 Å². The highest BCUT2D eigenvalue weighted by Crippen LogP contribution is 2.43. The molecule has 10 nitrogen and oxygen atoms in total. The molecular weight excluding hydrogens is 772 g/mol. The summed E-state index contributed by atoms with van der Waals surface area (Å²) < 4.78 is 5.66. The zero-order chi connectivity index (χ0) is 44.5. The quantitative estimate of drug-likeness (QED) is 0.122. The Morgan fingerprint density at radius 2 is 1.70 bits per heavy atom. The van der Waals surface area contributed by atoms with Crippen LogP contribution in [0.15, 0.2) is 66.6 Å². The van der Waals surface area contributed by atoms with Gasteiger partial charge in [-0.2, -0.15) is 0 Å². The average Bonchev–Trinajstić information content (AvgIpc) is 3.63. The van der Waals surface area contributed by atoms with E-state index in [2.05, 4.69) is 64.8 Å². The fraction of sp³-hybridized carbons (Fsp3) is 0.510. The fourth-order valence-corrected chi connectivity index (χ4v) is 8.37. The Balaban J connectivity index is 0.000000323. The van der Waals surface area contributed by atoms with Gasteiger partial charge < -0.3 is 26.0 Å². The summed E-state index contributed by atoms with van der Waals surface area (Å²) >= 11 is 7.03. The Morgan fingerprint density at radius 3 is 2.33 bits per heavy atom. The molecule has 1 aliphatic carbocycles. The van der Waals surface area contributed by atoms with E-state index in [0.717, 1.165) is 72.4 Å². The summed E-state index contributed by atoms with van der Waals surface area (Å²) in [6.07, 6.45) is 9.95. The fourth-order valence-electron chi connectivity index (χ4n) is 8.05. The number of nitrogens with two attached hydrogens (primary N) is 1. The van der Waals surface area contributed by atoms with Gasteiger partial charge in [0.1, 0.15) is 11.4 Å². The number of likely N-dealkylation sites (N-methyl/N-ethyl adjacent to an activating group) is 1. The molecule has 3 amide bonds. The highest BCUT2D eigenvalue weighted by atomic mass is 35.5. The molecule has 4 N–H and O–H groups in total. The lowest BCUT2D eigenvalue weighted by molar-refractivity contribution is -0.129. The van der Waals surface area contributed by atoms with Gasteiger partial charge in [0, 0.05) is 54.1 Å². The maximum Gasteiger partial charge on any atom is 0.266 e. The Morgan fingerprint density at radius 1 is 1.05 bits per heavy atom. The molecule has 0 spiro atoms. The summed E-state index contributed by atoms with van der Waals surface area (Å²) in [5, 5.41) is 6.84. The van der Waals surface area contributed by atoms with Gasteiger partial charge in [-0.25, -0.2) is 4.98 Å². The van der Waals surface area contributed by atoms with Crippen molar-refractivity contribution in [3.63, 3.8) is 0 Å². The molecule has 0 saturated carbocycles. The summed E-state index contributed by atoms with van der Waals surface area (Å²) in [5.74, 6) is 1.97. The maximum atomic E-state index is 13.1. The van der Waals surface area contributed by atoms with Crippen LogP contribution in [0.4, 0.5) is 5.69 Å². The van der Waals surface area contributed by atoms with Crippen molar-refractivity contribution in [3.8, 4) is 28.3 Å². The van der Waals surface area contributed by atoms with E-state index in [-0.39, 0.29) is 22.9 Å². The first kappa shape index (κ1) is 48.0. The monoisotopic (exact) mass is 841 g/mol. The molecule has 60 heavy (non-hydrogen) atoms. The average molecular weight is 842 g/mol. The molecule has 4 unspecified atom stereocenters. The van der Waals surface area contributed by atoms with Crippen molar-refractivity contribution in [2.24, 2.45) is 23.5 Å². The number of benzene rings is 2. The standard InChI is InChI=1S/C31H31ClN4O3.C18H38N2O/c1-17-13-14-20-15-26(34-30(39-6)27(17)20)23-11-7-10-22(28(23)32)21-9-8-12-25(18(21)2)33-29(37)24-16-35(4)19(3)36(5)31(24)38;1-7-14(4)10-12-18(8-2,9-3)20-17(21)16(6)15(5)11-13-19/h7-12,15-17H,3,13-14H2,1-2,4-6H3,(H,33,37);14-16H,7-13,19H2,1-6H3,(H,20,21). The van der Waals surface area contributed by atoms with Crippen LogP contribution in [0, 0.1) is 24.7 Å². The molecule has 4 atom stereocenters. The van der Waals surface area contributed by atoms with Crippen molar-refractivity contribution in [2.75, 3.05) is 33.1 Å². The molecule has 2 heterocycles. The van der Waals surface area contributed by atoms with E-state index < -0.39 is 11.8 Å². The van der Waals surface area contributed by atoms with Gasteiger partial charge in [0.05, 0.1) is 17.8 Å². The molecule has 1 aliphatic heterocycles. The number of nitrogens with one attached hydrogen (secondary N) is 2. The van der Waals surface area contributed by atoms with E-state index in [4.69, 9.17) is 27.1 Å². The molecule has 5 rings (SSSR count). The lowest BCUT2D eigenvalue weighted by Gasteiger charge is -2.36. The molecule has 326 valence electrons. The number of amides is 3. The van der Waals surface area contributed by atoms with E-state index in [9.17, 15) is 14.4 Å². The van der Waals surface area contributed by atoms with Gasteiger partial charge in [0.2, 0.25) is 11.8 Å². The topological polar surface area (TPSA) is 130 Å². The van der Waals surface area contributed by atoms with Gasteiger partial charge in [-0.15, -0.1) is 0 Å². The summed E-state index contributed by atoms with van der Waals surface area (Å²) in [7, 11) is 4.99. The Kier molecular flexibility index (Phi) is 17.0. The van der Waals surface area contributed by atoms with Gasteiger partial charge in [-0.1, -0.05) is 103 Å². The number of halogens is 1. The van der Waals surface area contributed by atoms with Crippen molar-refractivity contribution in [2.45, 2.75) is 118 Å². The van der Waals surface area contributed by atoms with Gasteiger partial charge >= 0.3 is 0 Å². The number of ether oxygens (including phenoxy) is 1. The lowest BCUT2D eigenvalue weighted by Crippen LogP contribution is -2.50. The number of hydrogen-bond donors (Lipinski definition) is 3. The third-order valence-corrected chi connectivity index (χ3v) is 13.5. The van der Waals surface area contributed by atoms with Gasteiger partial charge in [-0.3, -0.25) is 19.3 Å². The highest BCUT2D eigenvalue weighted by molar-refractivity contribution is 6.36. The zero-order valence-corrected chi connectivity index (χ0v) is 38.7. The first-order valence-corrected chi connectivity index (χ1v) is 22.1. The molecule has 11 heteroatoms. The summed E-state index contributed by atoms with van der Waals surface area (Å²) in [4.78, 5) is 46.2. The first-order chi connectivity index (χ1) is 28.5. The number of rotatable bonds is 16. The number of fused-ring (bicyclic) bond motifs is 1. The van der Waals surface area contributed by atoms with Gasteiger partial charge in [0.15, 0.2) is 0 Å². The minimum atomic E-state index is -0.491. The van der Waals surface area contributed by atoms with Crippen LogP contribution >= 0.6 is 11.6 Å². The molecule has 2 aliphatic rings. The molecule has 0 bridgehead atoms. The SMILES string of the molecule is C=C1N(C)C=C(C(=O)Nc2cccc(-c3cccc(-c4cc5c(c(OC)n4)C(C)CC5)c3Cl)c2C)C(=O)N1C.CCC(C)CCC(CC)(CC)NC(=O)C(C)C(C)CCN. The number of aromatic nitrogens is 1. The molecule has 0 radical (unpaired) electrons. The van der Waals surface area contributed by atoms with Gasteiger partial charge in [0.25, 0.3) is 11.8 Å². The second-order valence-corrected chi connectivity index (χ2v) is 17.3. The van der Waals surface area contributed by atoms with Crippen LogP contribution in [0.5, 0.6) is 5.88 Å². The van der Waals surface area contributed by atoms with Crippen LogP contribution in [0.2, 0.25) is 5.02 Å². The predicted octanol–water partition coefficient (Wildman–Crippen LogP) is 10.2. The minimum Gasteiger partial charge on any atom is -0.481 e. The largest absolute Gasteiger partial charge is 0.481 e. The zero-order valence-electron chi connectivity index (χ0n) is 37.9. The number of hydrogen-bond acceptors (Lipinski definition) is 7. The van der Waals surface area contributed by atoms with Crippen LogP contribution in [-0.4, -0.2) is 65.8 Å². The van der Waals surface area contributed by atoms with E-state index in [1.54, 1.807) is 26.1 Å². The van der Waals surface area contributed by atoms with Crippen LogP contribution in [-0.2, 0) is 20.8 Å². The van der Waals surface area contributed by atoms with Crippen LogP contribution in [0.3, 0.4) is 0 Å². The highest BCUT2D eigenvalue weighted by Gasteiger charge is 2.32. The third-order valence-electron chi connectivity index (χ3n) is 13.1. The summed E-state index contributed by atoms with van der Waals surface area (Å²) in [6, 6.07) is 13.6. The molecule has 0 fully saturated rings. The van der Waals surface area contributed by atoms with Gasteiger partial charge in [-0.05, 0) is 105 Å². The van der Waals surface area contributed by atoms with Crippen LogP contribution in [0.25, 0.3) is 22.4 Å². The molecule has 0 saturated heterocycles. The lowest BCUT2D eigenvalue weighted by atomic mass is 9.83. The molecule has 3 aromatic rings. The second kappa shape index (κ2) is 21.2. The number of carbonyl (C=O) groups is 3. The van der Waals surface area contributed by atoms with E-state index >= 15 is 0 Å². The number of nitrogens with zero attached hydrogens (tertiary/aromatic N) is 3. The number of carbonyl (C=O) groups excluding carboxylic acids is 3.